The van der Waals surface area contributed by atoms with Crippen LogP contribution in [0.2, 0.25) is 0 Å². The van der Waals surface area contributed by atoms with Gasteiger partial charge in [-0.3, -0.25) is 9.59 Å². The smallest absolute Gasteiger partial charge is 0.243 e. The van der Waals surface area contributed by atoms with E-state index in [0.29, 0.717) is 0 Å². The molecule has 1 fully saturated rings. The Labute approximate surface area is 202 Å². The van der Waals surface area contributed by atoms with Crippen LogP contribution in [0.1, 0.15) is 37.8 Å². The first-order valence-electron chi connectivity index (χ1n) is 11.4. The molecular formula is C25H34N4O4S. The van der Waals surface area contributed by atoms with E-state index in [1.807, 2.05) is 57.1 Å². The number of nitrogens with one attached hydrogen (secondary N) is 1. The quantitative estimate of drug-likeness (QED) is 0.649. The van der Waals surface area contributed by atoms with Gasteiger partial charge in [0.05, 0.1) is 4.90 Å². The van der Waals surface area contributed by atoms with Gasteiger partial charge in [-0.25, -0.2) is 8.42 Å². The number of piperazine rings is 1. The zero-order chi connectivity index (χ0) is 25.0. The highest BCUT2D eigenvalue weighted by Gasteiger charge is 2.40. The van der Waals surface area contributed by atoms with Crippen molar-refractivity contribution in [2.24, 2.45) is 0 Å². The highest BCUT2D eigenvalue weighted by Crippen LogP contribution is 2.24. The van der Waals surface area contributed by atoms with Gasteiger partial charge in [0.2, 0.25) is 21.8 Å². The Morgan fingerprint density at radius 2 is 1.76 bits per heavy atom. The molecule has 0 aliphatic carbocycles. The van der Waals surface area contributed by atoms with Gasteiger partial charge in [-0.2, -0.15) is 4.31 Å². The summed E-state index contributed by atoms with van der Waals surface area (Å²) in [7, 11) is -0.0468. The van der Waals surface area contributed by atoms with Gasteiger partial charge < -0.3 is 15.1 Å². The molecule has 34 heavy (non-hydrogen) atoms. The van der Waals surface area contributed by atoms with Crippen molar-refractivity contribution in [2.45, 2.75) is 44.2 Å². The van der Waals surface area contributed by atoms with Crippen molar-refractivity contribution in [1.29, 1.82) is 0 Å². The molecule has 1 N–H and O–H groups in total. The summed E-state index contributed by atoms with van der Waals surface area (Å²) < 4.78 is 28.2. The van der Waals surface area contributed by atoms with Crippen LogP contribution in [-0.4, -0.2) is 69.2 Å². The second-order valence-electron chi connectivity index (χ2n) is 9.10. The summed E-state index contributed by atoms with van der Waals surface area (Å²) in [6.07, 6.45) is 0. The summed E-state index contributed by atoms with van der Waals surface area (Å²) in [5.74, 6) is -0.334. The standard InChI is InChI=1S/C25H34N4O4S/c1-18(2)21-9-11-23(12-10-21)34(32,33)29-14-13-28(19(3)30)17-24(29)25(31)26-16-20-7-6-8-22(15-20)27(4)5/h6-12,15,18,24H,13-14,16-17H2,1-5H3,(H,26,31). The number of hydrogen-bond donors (Lipinski definition) is 1. The Morgan fingerprint density at radius 1 is 1.09 bits per heavy atom. The van der Waals surface area contributed by atoms with Crippen LogP contribution in [0.15, 0.2) is 53.4 Å². The Balaban J connectivity index is 1.83. The fourth-order valence-corrected chi connectivity index (χ4v) is 5.54. The molecule has 1 aliphatic heterocycles. The molecule has 2 aromatic rings. The van der Waals surface area contributed by atoms with E-state index in [2.05, 4.69) is 5.32 Å². The molecule has 0 radical (unpaired) electrons. The average Bonchev–Trinajstić information content (AvgIpc) is 2.82. The predicted molar refractivity (Wildman–Crippen MR) is 133 cm³/mol. The molecule has 2 aromatic carbocycles. The monoisotopic (exact) mass is 486 g/mol. The first kappa shape index (κ1) is 25.7. The fourth-order valence-electron chi connectivity index (χ4n) is 3.97. The van der Waals surface area contributed by atoms with E-state index in [1.54, 1.807) is 24.3 Å². The minimum atomic E-state index is -3.92. The SMILES string of the molecule is CC(=O)N1CCN(S(=O)(=O)c2ccc(C(C)C)cc2)C(C(=O)NCc2cccc(N(C)C)c2)C1. The van der Waals surface area contributed by atoms with Crippen molar-refractivity contribution in [3.63, 3.8) is 0 Å². The third-order valence-electron chi connectivity index (χ3n) is 6.13. The summed E-state index contributed by atoms with van der Waals surface area (Å²) >= 11 is 0. The van der Waals surface area contributed by atoms with Gasteiger partial charge >= 0.3 is 0 Å². The summed E-state index contributed by atoms with van der Waals surface area (Å²) in [5, 5.41) is 2.87. The summed E-state index contributed by atoms with van der Waals surface area (Å²) in [4.78, 5) is 28.9. The maximum atomic E-state index is 13.5. The lowest BCUT2D eigenvalue weighted by atomic mass is 10.0. The molecule has 184 valence electrons. The lowest BCUT2D eigenvalue weighted by Crippen LogP contribution is -2.61. The van der Waals surface area contributed by atoms with Crippen LogP contribution in [0.5, 0.6) is 0 Å². The molecule has 0 spiro atoms. The first-order valence-corrected chi connectivity index (χ1v) is 12.9. The van der Waals surface area contributed by atoms with Gasteiger partial charge in [0.1, 0.15) is 6.04 Å². The third kappa shape index (κ3) is 5.77. The number of benzene rings is 2. The number of anilines is 1. The van der Waals surface area contributed by atoms with Crippen molar-refractivity contribution < 1.29 is 18.0 Å². The molecule has 1 heterocycles. The number of hydrogen-bond acceptors (Lipinski definition) is 5. The number of amides is 2. The number of sulfonamides is 1. The van der Waals surface area contributed by atoms with Crippen LogP contribution >= 0.6 is 0 Å². The molecule has 0 saturated carbocycles. The van der Waals surface area contributed by atoms with E-state index in [4.69, 9.17) is 0 Å². The zero-order valence-corrected chi connectivity index (χ0v) is 21.3. The van der Waals surface area contributed by atoms with Crippen LogP contribution in [0, 0.1) is 0 Å². The molecule has 3 rings (SSSR count). The Bertz CT molecular complexity index is 1130. The maximum Gasteiger partial charge on any atom is 0.243 e. The van der Waals surface area contributed by atoms with Gasteiger partial charge in [0, 0.05) is 52.9 Å². The number of carbonyl (C=O) groups excluding carboxylic acids is 2. The number of nitrogens with zero attached hydrogens (tertiary/aromatic N) is 3. The Hall–Kier alpha value is -2.91. The molecular weight excluding hydrogens is 452 g/mol. The summed E-state index contributed by atoms with van der Waals surface area (Å²) in [6.45, 7) is 6.08. The largest absolute Gasteiger partial charge is 0.378 e. The van der Waals surface area contributed by atoms with Gasteiger partial charge in [-0.1, -0.05) is 38.1 Å². The molecule has 9 heteroatoms. The van der Waals surface area contributed by atoms with E-state index >= 15 is 0 Å². The fraction of sp³-hybridized carbons (Fsp3) is 0.440. The van der Waals surface area contributed by atoms with E-state index in [0.717, 1.165) is 16.8 Å². The number of rotatable bonds is 7. The highest BCUT2D eigenvalue weighted by atomic mass is 32.2. The highest BCUT2D eigenvalue weighted by molar-refractivity contribution is 7.89. The molecule has 0 aromatic heterocycles. The van der Waals surface area contributed by atoms with Crippen LogP contribution in [0.3, 0.4) is 0 Å². The van der Waals surface area contributed by atoms with E-state index < -0.39 is 22.0 Å². The second kappa shape index (κ2) is 10.6. The van der Waals surface area contributed by atoms with Gasteiger partial charge in [-0.15, -0.1) is 0 Å². The van der Waals surface area contributed by atoms with Gasteiger partial charge in [-0.05, 0) is 41.3 Å². The zero-order valence-electron chi connectivity index (χ0n) is 20.5. The Morgan fingerprint density at radius 3 is 2.35 bits per heavy atom. The second-order valence-corrected chi connectivity index (χ2v) is 11.0. The predicted octanol–water partition coefficient (Wildman–Crippen LogP) is 2.41. The van der Waals surface area contributed by atoms with Crippen LogP contribution < -0.4 is 10.2 Å². The molecule has 8 nitrogen and oxygen atoms in total. The molecule has 1 unspecified atom stereocenters. The average molecular weight is 487 g/mol. The molecule has 1 saturated heterocycles. The topological polar surface area (TPSA) is 90.0 Å². The normalized spacial score (nSPS) is 17.0. The minimum absolute atomic E-state index is 0.0161. The van der Waals surface area contributed by atoms with Crippen molar-refractivity contribution in [3.05, 3.63) is 59.7 Å². The lowest BCUT2D eigenvalue weighted by molar-refractivity contribution is -0.134. The molecule has 0 bridgehead atoms. The van der Waals surface area contributed by atoms with Crippen molar-refractivity contribution >= 4 is 27.5 Å². The first-order chi connectivity index (χ1) is 16.0. The lowest BCUT2D eigenvalue weighted by Gasteiger charge is -2.39. The molecule has 2 amide bonds. The third-order valence-corrected chi connectivity index (χ3v) is 8.05. The van der Waals surface area contributed by atoms with Crippen molar-refractivity contribution in [1.82, 2.24) is 14.5 Å². The number of carbonyl (C=O) groups is 2. The summed E-state index contributed by atoms with van der Waals surface area (Å²) in [5.41, 5.74) is 2.94. The van der Waals surface area contributed by atoms with Crippen LogP contribution in [0.4, 0.5) is 5.69 Å². The maximum absolute atomic E-state index is 13.5. The van der Waals surface area contributed by atoms with Gasteiger partial charge in [0.25, 0.3) is 0 Å². The summed E-state index contributed by atoms with van der Waals surface area (Å²) in [6, 6.07) is 13.5. The van der Waals surface area contributed by atoms with E-state index in [-0.39, 0.29) is 42.9 Å². The van der Waals surface area contributed by atoms with E-state index in [9.17, 15) is 18.0 Å². The minimum Gasteiger partial charge on any atom is -0.378 e. The molecule has 1 atom stereocenters. The Kier molecular flexibility index (Phi) is 7.99. The molecule has 1 aliphatic rings. The van der Waals surface area contributed by atoms with Crippen molar-refractivity contribution in [2.75, 3.05) is 38.6 Å². The van der Waals surface area contributed by atoms with Crippen LogP contribution in [0.25, 0.3) is 0 Å². The van der Waals surface area contributed by atoms with Crippen LogP contribution in [-0.2, 0) is 26.2 Å². The van der Waals surface area contributed by atoms with Crippen molar-refractivity contribution in [3.8, 4) is 0 Å². The van der Waals surface area contributed by atoms with Gasteiger partial charge in [0.15, 0.2) is 0 Å². The van der Waals surface area contributed by atoms with E-state index in [1.165, 1.54) is 16.1 Å².